The van der Waals surface area contributed by atoms with Crippen LogP contribution in [0, 0.1) is 6.92 Å². The molecular weight excluding hydrogens is 264 g/mol. The minimum atomic E-state index is -0.186. The van der Waals surface area contributed by atoms with Gasteiger partial charge in [0.2, 0.25) is 5.95 Å². The first-order valence-electron chi connectivity index (χ1n) is 6.57. The van der Waals surface area contributed by atoms with Crippen LogP contribution in [0.4, 0.5) is 5.95 Å². The molecule has 5 heteroatoms. The summed E-state index contributed by atoms with van der Waals surface area (Å²) in [6, 6.07) is 15.1. The summed E-state index contributed by atoms with van der Waals surface area (Å²) in [6.07, 6.45) is 1.68. The molecule has 0 bridgehead atoms. The lowest BCUT2D eigenvalue weighted by atomic mass is 10.2. The number of anilines is 1. The lowest BCUT2D eigenvalue weighted by molar-refractivity contribution is 1.12. The number of nitrogens with one attached hydrogen (secondary N) is 2. The lowest BCUT2D eigenvalue weighted by Gasteiger charge is -2.01. The van der Waals surface area contributed by atoms with Crippen LogP contribution in [0.15, 0.2) is 58.4 Å². The Hall–Kier alpha value is -2.95. The molecule has 0 saturated carbocycles. The summed E-state index contributed by atoms with van der Waals surface area (Å²) in [5.74, 6) is 0.321. The summed E-state index contributed by atoms with van der Waals surface area (Å²) >= 11 is 0. The number of aromatic amines is 1. The lowest BCUT2D eigenvalue weighted by Crippen LogP contribution is -2.10. The zero-order valence-corrected chi connectivity index (χ0v) is 11.5. The van der Waals surface area contributed by atoms with Crippen molar-refractivity contribution >= 4 is 23.1 Å². The molecule has 0 unspecified atom stereocenters. The number of aromatic nitrogens is 2. The van der Waals surface area contributed by atoms with E-state index < -0.39 is 0 Å². The van der Waals surface area contributed by atoms with Gasteiger partial charge in [0.1, 0.15) is 0 Å². The van der Waals surface area contributed by atoms with Gasteiger partial charge in [-0.1, -0.05) is 42.0 Å². The van der Waals surface area contributed by atoms with Crippen LogP contribution in [0.1, 0.15) is 11.1 Å². The number of H-pyrrole nitrogens is 1. The second-order valence-electron chi connectivity index (χ2n) is 4.71. The third-order valence-corrected chi connectivity index (χ3v) is 3.07. The highest BCUT2D eigenvalue weighted by molar-refractivity contribution is 5.80. The maximum absolute atomic E-state index is 11.9. The number of hydrazone groups is 1. The Balaban J connectivity index is 1.82. The monoisotopic (exact) mass is 278 g/mol. The van der Waals surface area contributed by atoms with Crippen LogP contribution in [0.3, 0.4) is 0 Å². The molecule has 0 amide bonds. The molecule has 1 heterocycles. The maximum atomic E-state index is 11.9. The van der Waals surface area contributed by atoms with E-state index in [0.29, 0.717) is 16.9 Å². The van der Waals surface area contributed by atoms with Gasteiger partial charge >= 0.3 is 0 Å². The van der Waals surface area contributed by atoms with E-state index >= 15 is 0 Å². The van der Waals surface area contributed by atoms with E-state index in [1.165, 1.54) is 5.56 Å². The summed E-state index contributed by atoms with van der Waals surface area (Å²) in [7, 11) is 0. The van der Waals surface area contributed by atoms with Gasteiger partial charge in [0.05, 0.1) is 17.1 Å². The molecule has 0 aliphatic carbocycles. The van der Waals surface area contributed by atoms with Gasteiger partial charge in [-0.3, -0.25) is 9.78 Å². The van der Waals surface area contributed by atoms with E-state index in [0.717, 1.165) is 5.56 Å². The van der Waals surface area contributed by atoms with E-state index in [1.807, 2.05) is 43.3 Å². The average Bonchev–Trinajstić information content (AvgIpc) is 2.49. The van der Waals surface area contributed by atoms with Crippen molar-refractivity contribution in [3.8, 4) is 0 Å². The van der Waals surface area contributed by atoms with Crippen LogP contribution in [-0.4, -0.2) is 16.2 Å². The first-order chi connectivity index (χ1) is 10.2. The van der Waals surface area contributed by atoms with E-state index in [9.17, 15) is 4.79 Å². The molecule has 0 saturated heterocycles. The van der Waals surface area contributed by atoms with Gasteiger partial charge in [0.15, 0.2) is 0 Å². The molecule has 0 aliphatic rings. The second-order valence-corrected chi connectivity index (χ2v) is 4.71. The molecule has 2 aromatic carbocycles. The first-order valence-corrected chi connectivity index (χ1v) is 6.57. The van der Waals surface area contributed by atoms with Gasteiger partial charge in [0, 0.05) is 0 Å². The van der Waals surface area contributed by atoms with Gasteiger partial charge in [0.25, 0.3) is 5.56 Å². The van der Waals surface area contributed by atoms with Crippen LogP contribution in [0.2, 0.25) is 0 Å². The summed E-state index contributed by atoms with van der Waals surface area (Å²) < 4.78 is 0. The molecule has 2 N–H and O–H groups in total. The molecule has 0 fully saturated rings. The van der Waals surface area contributed by atoms with Crippen molar-refractivity contribution < 1.29 is 0 Å². The van der Waals surface area contributed by atoms with Gasteiger partial charge in [-0.25, -0.2) is 10.4 Å². The number of benzene rings is 2. The highest BCUT2D eigenvalue weighted by atomic mass is 16.1. The molecule has 3 rings (SSSR count). The third-order valence-electron chi connectivity index (χ3n) is 3.07. The first kappa shape index (κ1) is 13.1. The number of nitrogens with zero attached hydrogens (tertiary/aromatic N) is 2. The molecular formula is C16H14N4O. The van der Waals surface area contributed by atoms with Crippen molar-refractivity contribution in [2.75, 3.05) is 5.43 Å². The van der Waals surface area contributed by atoms with Gasteiger partial charge in [-0.15, -0.1) is 0 Å². The fourth-order valence-corrected chi connectivity index (χ4v) is 1.96. The predicted molar refractivity (Wildman–Crippen MR) is 84.8 cm³/mol. The molecule has 21 heavy (non-hydrogen) atoms. The largest absolute Gasteiger partial charge is 0.291 e. The quantitative estimate of drug-likeness (QED) is 0.571. The van der Waals surface area contributed by atoms with Crippen LogP contribution in [0.5, 0.6) is 0 Å². The molecule has 0 spiro atoms. The summed E-state index contributed by atoms with van der Waals surface area (Å²) in [4.78, 5) is 18.8. The number of aryl methyl sites for hydroxylation is 1. The Morgan fingerprint density at radius 2 is 1.90 bits per heavy atom. The molecule has 3 aromatic rings. The molecule has 5 nitrogen and oxygen atoms in total. The van der Waals surface area contributed by atoms with Crippen LogP contribution in [-0.2, 0) is 0 Å². The van der Waals surface area contributed by atoms with Crippen molar-refractivity contribution in [2.24, 2.45) is 5.10 Å². The standard InChI is InChI=1S/C16H14N4O/c1-11-6-8-12(9-7-11)10-17-20-16-18-14-5-3-2-4-13(14)15(21)19-16/h2-10H,1H3,(H2,18,19,20,21). The van der Waals surface area contributed by atoms with Crippen molar-refractivity contribution in [2.45, 2.75) is 6.92 Å². The average molecular weight is 278 g/mol. The van der Waals surface area contributed by atoms with Crippen molar-refractivity contribution in [3.63, 3.8) is 0 Å². The molecule has 104 valence electrons. The Labute approximate surface area is 121 Å². The Kier molecular flexibility index (Phi) is 3.47. The fraction of sp³-hybridized carbons (Fsp3) is 0.0625. The van der Waals surface area contributed by atoms with Gasteiger partial charge < -0.3 is 0 Å². The zero-order chi connectivity index (χ0) is 14.7. The van der Waals surface area contributed by atoms with Crippen LogP contribution < -0.4 is 11.0 Å². The van der Waals surface area contributed by atoms with E-state index in [-0.39, 0.29) is 5.56 Å². The van der Waals surface area contributed by atoms with E-state index in [4.69, 9.17) is 0 Å². The Morgan fingerprint density at radius 3 is 2.71 bits per heavy atom. The van der Waals surface area contributed by atoms with Gasteiger partial charge in [-0.2, -0.15) is 5.10 Å². The van der Waals surface area contributed by atoms with Crippen LogP contribution >= 0.6 is 0 Å². The highest BCUT2D eigenvalue weighted by Crippen LogP contribution is 2.07. The van der Waals surface area contributed by atoms with Crippen molar-refractivity contribution in [1.29, 1.82) is 0 Å². The minimum Gasteiger partial charge on any atom is -0.291 e. The second kappa shape index (κ2) is 5.58. The molecule has 0 atom stereocenters. The topological polar surface area (TPSA) is 70.1 Å². The van der Waals surface area contributed by atoms with Gasteiger partial charge in [-0.05, 0) is 24.6 Å². The number of para-hydroxylation sites is 1. The molecule has 0 aliphatic heterocycles. The zero-order valence-electron chi connectivity index (χ0n) is 11.5. The number of hydrogen-bond acceptors (Lipinski definition) is 4. The third kappa shape index (κ3) is 2.97. The Bertz CT molecular complexity index is 850. The van der Waals surface area contributed by atoms with Crippen molar-refractivity contribution in [3.05, 3.63) is 70.0 Å². The number of rotatable bonds is 3. The fourth-order valence-electron chi connectivity index (χ4n) is 1.96. The molecule has 0 radical (unpaired) electrons. The number of hydrogen-bond donors (Lipinski definition) is 2. The smallest absolute Gasteiger partial charge is 0.260 e. The van der Waals surface area contributed by atoms with Crippen molar-refractivity contribution in [1.82, 2.24) is 9.97 Å². The number of fused-ring (bicyclic) bond motifs is 1. The SMILES string of the molecule is Cc1ccc(C=NNc2nc3ccccc3c(=O)[nH]2)cc1. The summed E-state index contributed by atoms with van der Waals surface area (Å²) in [5, 5.41) is 4.64. The van der Waals surface area contributed by atoms with E-state index in [2.05, 4.69) is 20.5 Å². The summed E-state index contributed by atoms with van der Waals surface area (Å²) in [6.45, 7) is 2.03. The normalized spacial score (nSPS) is 11.1. The predicted octanol–water partition coefficient (Wildman–Crippen LogP) is 2.68. The Morgan fingerprint density at radius 1 is 1.14 bits per heavy atom. The molecule has 1 aromatic heterocycles. The van der Waals surface area contributed by atoms with E-state index in [1.54, 1.807) is 18.3 Å². The highest BCUT2D eigenvalue weighted by Gasteiger charge is 2.01. The maximum Gasteiger partial charge on any atom is 0.260 e. The summed E-state index contributed by atoms with van der Waals surface area (Å²) in [5.41, 5.74) is 5.35. The van der Waals surface area contributed by atoms with Crippen LogP contribution in [0.25, 0.3) is 10.9 Å². The minimum absolute atomic E-state index is 0.186.